The highest BCUT2D eigenvalue weighted by Crippen LogP contribution is 1.84. The Hall–Kier alpha value is -0.830. The molecule has 0 fully saturated rings. The molecule has 9 heavy (non-hydrogen) atoms. The van der Waals surface area contributed by atoms with Crippen LogP contribution >= 0.6 is 0 Å². The minimum Gasteiger partial charge on any atom is -0.384 e. The van der Waals surface area contributed by atoms with Crippen molar-refractivity contribution in [3.05, 3.63) is 12.2 Å². The van der Waals surface area contributed by atoms with Gasteiger partial charge in [-0.1, -0.05) is 6.58 Å². The molecule has 0 rings (SSSR count). The molecule has 0 amide bonds. The fourth-order valence-electron chi connectivity index (χ4n) is 0.320. The summed E-state index contributed by atoms with van der Waals surface area (Å²) in [5, 5.41) is 0. The molecule has 0 bridgehead atoms. The van der Waals surface area contributed by atoms with Crippen LogP contribution in [0.5, 0.6) is 0 Å². The number of hydrogen-bond acceptors (Lipinski definition) is 2. The summed E-state index contributed by atoms with van der Waals surface area (Å²) >= 11 is 0. The smallest absolute Gasteiger partial charge is 0.120 e. The van der Waals surface area contributed by atoms with Crippen molar-refractivity contribution >= 4 is 5.84 Å². The Kier molecular flexibility index (Phi) is 3.71. The predicted molar refractivity (Wildman–Crippen MR) is 40.4 cm³/mol. The highest BCUT2D eigenvalue weighted by Gasteiger charge is 1.88. The zero-order valence-corrected chi connectivity index (χ0v) is 5.72. The van der Waals surface area contributed by atoms with E-state index in [4.69, 9.17) is 11.5 Å². The van der Waals surface area contributed by atoms with E-state index in [0.29, 0.717) is 18.9 Å². The van der Waals surface area contributed by atoms with Gasteiger partial charge in [0.1, 0.15) is 5.84 Å². The molecular weight excluding hydrogens is 114 g/mol. The van der Waals surface area contributed by atoms with Crippen molar-refractivity contribution in [3.63, 3.8) is 0 Å². The van der Waals surface area contributed by atoms with Crippen molar-refractivity contribution in [2.45, 2.75) is 6.92 Å². The van der Waals surface area contributed by atoms with Gasteiger partial charge in [-0.25, -0.2) is 0 Å². The van der Waals surface area contributed by atoms with E-state index in [1.807, 2.05) is 6.92 Å². The van der Waals surface area contributed by atoms with E-state index < -0.39 is 0 Å². The summed E-state index contributed by atoms with van der Waals surface area (Å²) in [6.07, 6.45) is 0. The average molecular weight is 127 g/mol. The van der Waals surface area contributed by atoms with Crippen LogP contribution in [-0.2, 0) is 0 Å². The summed E-state index contributed by atoms with van der Waals surface area (Å²) in [6.45, 7) is 6.54. The maximum atomic E-state index is 5.40. The molecule has 0 aromatic rings. The van der Waals surface area contributed by atoms with Crippen molar-refractivity contribution in [3.8, 4) is 0 Å². The molecule has 0 radical (unpaired) electrons. The van der Waals surface area contributed by atoms with Crippen LogP contribution in [0.1, 0.15) is 6.92 Å². The molecule has 0 saturated carbocycles. The van der Waals surface area contributed by atoms with Crippen LogP contribution in [0.25, 0.3) is 0 Å². The number of nitrogens with zero attached hydrogens (tertiary/aromatic N) is 1. The predicted octanol–water partition coefficient (Wildman–Crippen LogP) is -0.122. The van der Waals surface area contributed by atoms with Gasteiger partial charge in [-0.15, -0.1) is 0 Å². The van der Waals surface area contributed by atoms with Crippen LogP contribution < -0.4 is 11.5 Å². The summed E-state index contributed by atoms with van der Waals surface area (Å²) in [6, 6.07) is 0. The van der Waals surface area contributed by atoms with E-state index in [-0.39, 0.29) is 0 Å². The second-order valence-corrected chi connectivity index (χ2v) is 1.84. The van der Waals surface area contributed by atoms with Gasteiger partial charge < -0.3 is 11.5 Å². The van der Waals surface area contributed by atoms with Gasteiger partial charge in [0.15, 0.2) is 0 Å². The Balaban J connectivity index is 3.69. The zero-order chi connectivity index (χ0) is 7.28. The van der Waals surface area contributed by atoms with Gasteiger partial charge in [0, 0.05) is 6.54 Å². The van der Waals surface area contributed by atoms with E-state index in [1.54, 1.807) is 0 Å². The number of aliphatic imine (C=N–C) groups is 1. The van der Waals surface area contributed by atoms with Crippen molar-refractivity contribution in [2.24, 2.45) is 16.5 Å². The van der Waals surface area contributed by atoms with E-state index in [0.717, 1.165) is 5.57 Å². The Morgan fingerprint density at radius 2 is 2.22 bits per heavy atom. The van der Waals surface area contributed by atoms with Crippen LogP contribution in [0.15, 0.2) is 17.1 Å². The van der Waals surface area contributed by atoms with Crippen LogP contribution in [0.2, 0.25) is 0 Å². The quantitative estimate of drug-likeness (QED) is 0.410. The molecule has 0 aliphatic heterocycles. The maximum Gasteiger partial charge on any atom is 0.120 e. The molecule has 52 valence electrons. The highest BCUT2D eigenvalue weighted by atomic mass is 14.9. The summed E-state index contributed by atoms with van der Waals surface area (Å²) in [5.41, 5.74) is 11.4. The molecule has 0 aromatic carbocycles. The lowest BCUT2D eigenvalue weighted by atomic mass is 10.3. The van der Waals surface area contributed by atoms with Crippen LogP contribution in [-0.4, -0.2) is 18.9 Å². The van der Waals surface area contributed by atoms with Gasteiger partial charge in [-0.05, 0) is 12.5 Å². The summed E-state index contributed by atoms with van der Waals surface area (Å²) in [7, 11) is 0. The molecule has 0 saturated heterocycles. The van der Waals surface area contributed by atoms with E-state index in [1.165, 1.54) is 0 Å². The van der Waals surface area contributed by atoms with Crippen LogP contribution in [0.3, 0.4) is 0 Å². The fourth-order valence-corrected chi connectivity index (χ4v) is 0.320. The first kappa shape index (κ1) is 8.17. The fraction of sp³-hybridized carbons (Fsp3) is 0.500. The topological polar surface area (TPSA) is 64.4 Å². The average Bonchev–Trinajstić information content (AvgIpc) is 1.82. The van der Waals surface area contributed by atoms with Gasteiger partial charge in [0.05, 0.1) is 6.54 Å². The van der Waals surface area contributed by atoms with Gasteiger partial charge in [-0.2, -0.15) is 0 Å². The van der Waals surface area contributed by atoms with E-state index in [9.17, 15) is 0 Å². The standard InChI is InChI=1S/C6H13N3/c1-5(2)6(8)9-4-3-7/h1,3-4,7H2,2H3,(H2,8,9). The lowest BCUT2D eigenvalue weighted by Crippen LogP contribution is -2.15. The van der Waals surface area contributed by atoms with E-state index in [2.05, 4.69) is 11.6 Å². The van der Waals surface area contributed by atoms with Gasteiger partial charge in [0.2, 0.25) is 0 Å². The van der Waals surface area contributed by atoms with Gasteiger partial charge in [0.25, 0.3) is 0 Å². The van der Waals surface area contributed by atoms with Gasteiger partial charge >= 0.3 is 0 Å². The Labute approximate surface area is 55.4 Å². The monoisotopic (exact) mass is 127 g/mol. The van der Waals surface area contributed by atoms with Crippen molar-refractivity contribution in [2.75, 3.05) is 13.1 Å². The lowest BCUT2D eigenvalue weighted by Gasteiger charge is -1.95. The molecule has 0 aliphatic rings. The molecule has 0 unspecified atom stereocenters. The first-order valence-corrected chi connectivity index (χ1v) is 2.84. The summed E-state index contributed by atoms with van der Waals surface area (Å²) in [4.78, 5) is 3.91. The van der Waals surface area contributed by atoms with Crippen molar-refractivity contribution in [1.82, 2.24) is 0 Å². The number of amidine groups is 1. The lowest BCUT2D eigenvalue weighted by molar-refractivity contribution is 0.972. The molecule has 0 atom stereocenters. The Bertz CT molecular complexity index is 126. The third-order valence-electron chi connectivity index (χ3n) is 0.849. The Morgan fingerprint density at radius 1 is 1.67 bits per heavy atom. The van der Waals surface area contributed by atoms with Crippen LogP contribution in [0.4, 0.5) is 0 Å². The molecule has 0 heterocycles. The molecule has 0 aromatic heterocycles. The first-order valence-electron chi connectivity index (χ1n) is 2.84. The third kappa shape index (κ3) is 3.73. The van der Waals surface area contributed by atoms with Crippen LogP contribution in [0, 0.1) is 0 Å². The maximum absolute atomic E-state index is 5.40. The molecule has 3 heteroatoms. The zero-order valence-electron chi connectivity index (χ0n) is 5.72. The summed E-state index contributed by atoms with van der Waals surface area (Å²) < 4.78 is 0. The minimum absolute atomic E-state index is 0.500. The molecule has 0 aliphatic carbocycles. The summed E-state index contributed by atoms with van der Waals surface area (Å²) in [5.74, 6) is 0.500. The largest absolute Gasteiger partial charge is 0.384 e. The number of rotatable bonds is 3. The third-order valence-corrected chi connectivity index (χ3v) is 0.849. The van der Waals surface area contributed by atoms with Crippen molar-refractivity contribution in [1.29, 1.82) is 0 Å². The number of nitrogens with two attached hydrogens (primary N) is 2. The minimum atomic E-state index is 0.500. The van der Waals surface area contributed by atoms with Crippen molar-refractivity contribution < 1.29 is 0 Å². The van der Waals surface area contributed by atoms with Gasteiger partial charge in [-0.3, -0.25) is 4.99 Å². The number of hydrogen-bond donors (Lipinski definition) is 2. The SMILES string of the molecule is C=C(C)C(N)=NCCN. The first-order chi connectivity index (χ1) is 4.18. The normalized spacial score (nSPS) is 11.6. The molecular formula is C6H13N3. The second kappa shape index (κ2) is 4.09. The second-order valence-electron chi connectivity index (χ2n) is 1.84. The molecule has 3 nitrogen and oxygen atoms in total. The molecule has 0 spiro atoms. The Morgan fingerprint density at radius 3 is 2.56 bits per heavy atom. The highest BCUT2D eigenvalue weighted by molar-refractivity contribution is 5.95. The molecule has 4 N–H and O–H groups in total. The van der Waals surface area contributed by atoms with E-state index >= 15 is 0 Å².